The summed E-state index contributed by atoms with van der Waals surface area (Å²) >= 11 is 14.2. The van der Waals surface area contributed by atoms with Crippen LogP contribution in [0.2, 0.25) is 11.3 Å². The van der Waals surface area contributed by atoms with Gasteiger partial charge in [0, 0.05) is 21.9 Å². The van der Waals surface area contributed by atoms with Crippen molar-refractivity contribution in [3.05, 3.63) is 110 Å². The number of aromatic nitrogens is 2. The van der Waals surface area contributed by atoms with E-state index in [9.17, 15) is 0 Å². The number of ether oxygens (including phenoxy) is 2. The minimum atomic E-state index is 0.132. The van der Waals surface area contributed by atoms with Crippen LogP contribution in [-0.4, -0.2) is 30.9 Å². The van der Waals surface area contributed by atoms with Crippen molar-refractivity contribution in [1.29, 1.82) is 0 Å². The van der Waals surface area contributed by atoms with E-state index in [0.717, 1.165) is 60.8 Å². The smallest absolute Gasteiger partial charge is 0.222 e. The Labute approximate surface area is 237 Å². The normalized spacial score (nSPS) is 10.6. The van der Waals surface area contributed by atoms with E-state index in [1.165, 1.54) is 0 Å². The zero-order valence-corrected chi connectivity index (χ0v) is 24.1. The second kappa shape index (κ2) is 14.4. The number of aryl methyl sites for hydroxylation is 1. The van der Waals surface area contributed by atoms with Gasteiger partial charge in [0.15, 0.2) is 0 Å². The first-order chi connectivity index (χ1) is 17.5. The Kier molecular flexibility index (Phi) is 11.2. The van der Waals surface area contributed by atoms with Crippen LogP contribution in [0.1, 0.15) is 17.1 Å². The number of aromatic amines is 1. The first kappa shape index (κ1) is 28.2. The first-order valence-electron chi connectivity index (χ1n) is 11.4. The van der Waals surface area contributed by atoms with Crippen molar-refractivity contribution in [2.24, 2.45) is 0 Å². The summed E-state index contributed by atoms with van der Waals surface area (Å²) in [5, 5.41) is 0.826. The van der Waals surface area contributed by atoms with Gasteiger partial charge >= 0.3 is 0 Å². The third-order valence-corrected chi connectivity index (χ3v) is 7.48. The summed E-state index contributed by atoms with van der Waals surface area (Å²) in [6.07, 6.45) is 5.32. The van der Waals surface area contributed by atoms with Gasteiger partial charge in [-0.15, -0.1) is 0 Å². The van der Waals surface area contributed by atoms with Gasteiger partial charge in [-0.3, -0.25) is 0 Å². The maximum absolute atomic E-state index is 6.20. The first-order valence-corrected chi connectivity index (χ1v) is 13.3. The fourth-order valence-electron chi connectivity index (χ4n) is 3.94. The van der Waals surface area contributed by atoms with Crippen molar-refractivity contribution < 1.29 is 9.47 Å². The van der Waals surface area contributed by atoms with E-state index in [-0.39, 0.29) is 6.71 Å². The molecule has 0 bridgehead atoms. The van der Waals surface area contributed by atoms with Crippen LogP contribution in [0.3, 0.4) is 0 Å². The van der Waals surface area contributed by atoms with E-state index in [1.54, 1.807) is 19.8 Å². The molecule has 8 heteroatoms. The highest BCUT2D eigenvalue weighted by Crippen LogP contribution is 2.24. The fraction of sp³-hybridized carbons (Fsp3) is 0.179. The number of benzene rings is 3. The maximum atomic E-state index is 6.20. The number of methoxy groups -OCH3 is 2. The Bertz CT molecular complexity index is 1250. The van der Waals surface area contributed by atoms with Gasteiger partial charge in [0.1, 0.15) is 17.3 Å². The van der Waals surface area contributed by atoms with Crippen molar-refractivity contribution >= 4 is 63.4 Å². The highest BCUT2D eigenvalue weighted by molar-refractivity contribution is 14.1. The summed E-state index contributed by atoms with van der Waals surface area (Å²) < 4.78 is 12.1. The number of hydrogen-bond donors (Lipinski definition) is 1. The van der Waals surface area contributed by atoms with Crippen LogP contribution in [0.4, 0.5) is 0 Å². The van der Waals surface area contributed by atoms with Crippen molar-refractivity contribution in [3.63, 3.8) is 0 Å². The fourth-order valence-corrected chi connectivity index (χ4v) is 4.79. The van der Waals surface area contributed by atoms with Gasteiger partial charge in [-0.1, -0.05) is 77.8 Å². The summed E-state index contributed by atoms with van der Waals surface area (Å²) in [7, 11) is 3.38. The lowest BCUT2D eigenvalue weighted by atomic mass is 9.38. The Morgan fingerprint density at radius 3 is 2.08 bits per heavy atom. The Morgan fingerprint density at radius 2 is 1.56 bits per heavy atom. The highest BCUT2D eigenvalue weighted by atomic mass is 127. The number of rotatable bonds is 8. The number of nitrogens with one attached hydrogen (secondary N) is 1. The van der Waals surface area contributed by atoms with Gasteiger partial charge in [-0.25, -0.2) is 4.98 Å². The predicted molar refractivity (Wildman–Crippen MR) is 161 cm³/mol. The SMILES string of the molecule is COc1ccccc1B(CC=CCl)c1ccccc1OC.Cc1cnc(Cc2cccc(I)c2Cl)[nH]1. The molecule has 0 spiro atoms. The molecule has 0 aliphatic heterocycles. The highest BCUT2D eigenvalue weighted by Gasteiger charge is 2.24. The van der Waals surface area contributed by atoms with E-state index < -0.39 is 0 Å². The Balaban J connectivity index is 0.000000212. The molecule has 0 atom stereocenters. The van der Waals surface area contributed by atoms with Crippen LogP contribution in [0, 0.1) is 10.5 Å². The van der Waals surface area contributed by atoms with E-state index in [0.29, 0.717) is 0 Å². The summed E-state index contributed by atoms with van der Waals surface area (Å²) in [6, 6.07) is 22.1. The van der Waals surface area contributed by atoms with Crippen molar-refractivity contribution in [3.8, 4) is 11.5 Å². The number of allylic oxidation sites excluding steroid dienone is 1. The van der Waals surface area contributed by atoms with Gasteiger partial charge in [0.25, 0.3) is 0 Å². The minimum absolute atomic E-state index is 0.132. The molecule has 1 aromatic heterocycles. The van der Waals surface area contributed by atoms with Gasteiger partial charge in [0.05, 0.1) is 19.2 Å². The van der Waals surface area contributed by atoms with E-state index in [4.69, 9.17) is 32.7 Å². The maximum Gasteiger partial charge on any atom is 0.222 e. The molecule has 0 unspecified atom stereocenters. The zero-order chi connectivity index (χ0) is 25.9. The molecule has 4 nitrogen and oxygen atoms in total. The quantitative estimate of drug-likeness (QED) is 0.175. The molecule has 0 amide bonds. The molecule has 4 aromatic rings. The molecule has 4 rings (SSSR count). The molecule has 0 saturated carbocycles. The van der Waals surface area contributed by atoms with Gasteiger partial charge < -0.3 is 14.5 Å². The second-order valence-electron chi connectivity index (χ2n) is 8.04. The van der Waals surface area contributed by atoms with Crippen LogP contribution >= 0.6 is 45.8 Å². The molecule has 1 N–H and O–H groups in total. The average Bonchev–Trinajstić information content (AvgIpc) is 3.32. The average molecular weight is 633 g/mol. The number of imidazole rings is 1. The number of para-hydroxylation sites is 2. The molecule has 0 aliphatic carbocycles. The van der Waals surface area contributed by atoms with Crippen LogP contribution in [0.25, 0.3) is 0 Å². The van der Waals surface area contributed by atoms with Crippen LogP contribution < -0.4 is 20.4 Å². The van der Waals surface area contributed by atoms with E-state index in [2.05, 4.69) is 44.7 Å². The predicted octanol–water partition coefficient (Wildman–Crippen LogP) is 6.63. The molecule has 36 heavy (non-hydrogen) atoms. The minimum Gasteiger partial charge on any atom is -0.497 e. The lowest BCUT2D eigenvalue weighted by Gasteiger charge is -2.18. The molecule has 0 fully saturated rings. The molecule has 0 saturated heterocycles. The van der Waals surface area contributed by atoms with Crippen molar-refractivity contribution in [2.75, 3.05) is 14.2 Å². The molecule has 0 aliphatic rings. The van der Waals surface area contributed by atoms with Gasteiger partial charge in [-0.05, 0) is 76.1 Å². The van der Waals surface area contributed by atoms with Crippen LogP contribution in [0.15, 0.2) is 84.5 Å². The summed E-state index contributed by atoms with van der Waals surface area (Å²) in [5.41, 5.74) is 5.99. The molecule has 0 radical (unpaired) electrons. The largest absolute Gasteiger partial charge is 0.497 e. The molecular formula is C28H28BCl2IN2O2. The van der Waals surface area contributed by atoms with E-state index in [1.807, 2.05) is 73.8 Å². The number of hydrogen-bond acceptors (Lipinski definition) is 3. The topological polar surface area (TPSA) is 47.1 Å². The third kappa shape index (κ3) is 7.54. The van der Waals surface area contributed by atoms with Crippen molar-refractivity contribution in [2.45, 2.75) is 19.7 Å². The number of halogens is 3. The standard InChI is InChI=1S/C17H18BClO2.C11H10ClIN2/c1-20-16-10-5-3-8-14(16)18(12-7-13-19)15-9-4-6-11-17(15)21-2;1-7-6-14-10(15-7)5-8-3-2-4-9(13)11(8)12/h3-11,13H,12H2,1-2H3;2-4,6H,5H2,1H3,(H,14,15). The lowest BCUT2D eigenvalue weighted by Crippen LogP contribution is -2.42. The Morgan fingerprint density at radius 1 is 0.944 bits per heavy atom. The third-order valence-electron chi connectivity index (χ3n) is 5.63. The zero-order valence-electron chi connectivity index (χ0n) is 20.5. The lowest BCUT2D eigenvalue weighted by molar-refractivity contribution is 0.417. The van der Waals surface area contributed by atoms with Crippen molar-refractivity contribution in [1.82, 2.24) is 9.97 Å². The molecule has 1 heterocycles. The summed E-state index contributed by atoms with van der Waals surface area (Å²) in [4.78, 5) is 7.46. The summed E-state index contributed by atoms with van der Waals surface area (Å²) in [6.45, 7) is 2.12. The van der Waals surface area contributed by atoms with Gasteiger partial charge in [-0.2, -0.15) is 0 Å². The van der Waals surface area contributed by atoms with Crippen LogP contribution in [0.5, 0.6) is 11.5 Å². The molecular weight excluding hydrogens is 605 g/mol. The Hall–Kier alpha value is -2.42. The monoisotopic (exact) mass is 632 g/mol. The molecule has 186 valence electrons. The number of H-pyrrole nitrogens is 1. The molecule has 3 aromatic carbocycles. The second-order valence-corrected chi connectivity index (χ2v) is 9.83. The summed E-state index contributed by atoms with van der Waals surface area (Å²) in [5.74, 6) is 2.70. The van der Waals surface area contributed by atoms with Crippen LogP contribution in [-0.2, 0) is 6.42 Å². The van der Waals surface area contributed by atoms with E-state index >= 15 is 0 Å². The number of nitrogens with zero attached hydrogens (tertiary/aromatic N) is 1. The van der Waals surface area contributed by atoms with Gasteiger partial charge in [0.2, 0.25) is 6.71 Å².